The molecule has 76 valence electrons. The van der Waals surface area contributed by atoms with Gasteiger partial charge in [-0.1, -0.05) is 29.8 Å². The maximum atomic E-state index is 10.2. The zero-order valence-electron chi connectivity index (χ0n) is 8.55. The molecule has 0 amide bonds. The SMILES string of the molecule is BrC1CC1C1CC1.CCC(=O)CC. The highest BCUT2D eigenvalue weighted by Crippen LogP contribution is 2.53. The second-order valence-electron chi connectivity index (χ2n) is 4.00. The van der Waals surface area contributed by atoms with Gasteiger partial charge in [-0.3, -0.25) is 4.79 Å². The normalized spacial score (nSPS) is 30.4. The fourth-order valence-electron chi connectivity index (χ4n) is 1.44. The minimum Gasteiger partial charge on any atom is -0.300 e. The van der Waals surface area contributed by atoms with Crippen LogP contribution in [0.25, 0.3) is 0 Å². The van der Waals surface area contributed by atoms with Gasteiger partial charge in [-0.15, -0.1) is 0 Å². The smallest absolute Gasteiger partial charge is 0.132 e. The van der Waals surface area contributed by atoms with E-state index in [4.69, 9.17) is 0 Å². The van der Waals surface area contributed by atoms with Crippen molar-refractivity contribution in [2.24, 2.45) is 11.8 Å². The van der Waals surface area contributed by atoms with Crippen molar-refractivity contribution in [1.82, 2.24) is 0 Å². The Morgan fingerprint density at radius 3 is 1.85 bits per heavy atom. The van der Waals surface area contributed by atoms with Crippen LogP contribution in [-0.2, 0) is 4.79 Å². The summed E-state index contributed by atoms with van der Waals surface area (Å²) in [6.07, 6.45) is 5.89. The lowest BCUT2D eigenvalue weighted by Crippen LogP contribution is -1.88. The van der Waals surface area contributed by atoms with E-state index in [9.17, 15) is 4.79 Å². The number of carbonyl (C=O) groups is 1. The van der Waals surface area contributed by atoms with Gasteiger partial charge in [-0.25, -0.2) is 0 Å². The van der Waals surface area contributed by atoms with Crippen LogP contribution in [0.15, 0.2) is 0 Å². The van der Waals surface area contributed by atoms with E-state index < -0.39 is 0 Å². The molecule has 0 heterocycles. The number of hydrogen-bond donors (Lipinski definition) is 0. The summed E-state index contributed by atoms with van der Waals surface area (Å²) in [5.41, 5.74) is 0. The summed E-state index contributed by atoms with van der Waals surface area (Å²) in [5, 5.41) is 0. The maximum absolute atomic E-state index is 10.2. The Morgan fingerprint density at radius 1 is 1.31 bits per heavy atom. The Labute approximate surface area is 89.4 Å². The summed E-state index contributed by atoms with van der Waals surface area (Å²) in [5.74, 6) is 2.58. The number of alkyl halides is 1. The lowest BCUT2D eigenvalue weighted by molar-refractivity contribution is -0.118. The molecule has 0 spiro atoms. The molecule has 0 aromatic carbocycles. The van der Waals surface area contributed by atoms with Crippen LogP contribution in [0.3, 0.4) is 0 Å². The number of hydrogen-bond acceptors (Lipinski definition) is 1. The van der Waals surface area contributed by atoms with Gasteiger partial charge in [0.15, 0.2) is 0 Å². The highest BCUT2D eigenvalue weighted by molar-refractivity contribution is 9.09. The van der Waals surface area contributed by atoms with Crippen LogP contribution in [0.4, 0.5) is 0 Å². The first-order valence-electron chi connectivity index (χ1n) is 5.34. The molecule has 2 aliphatic carbocycles. The summed E-state index contributed by atoms with van der Waals surface area (Å²) in [6, 6.07) is 0. The summed E-state index contributed by atoms with van der Waals surface area (Å²) in [4.78, 5) is 11.1. The maximum Gasteiger partial charge on any atom is 0.132 e. The topological polar surface area (TPSA) is 17.1 Å². The van der Waals surface area contributed by atoms with Crippen molar-refractivity contribution in [2.45, 2.75) is 50.8 Å². The minimum atomic E-state index is 0.343. The molecule has 0 aromatic rings. The highest BCUT2D eigenvalue weighted by atomic mass is 79.9. The second kappa shape index (κ2) is 5.14. The first kappa shape index (κ1) is 11.2. The molecule has 0 saturated heterocycles. The molecule has 2 rings (SSSR count). The standard InChI is InChI=1S/C6H9Br.C5H10O/c7-6-3-5(6)4-1-2-4;1-3-5(6)4-2/h4-6H,1-3H2;3-4H2,1-2H3. The van der Waals surface area contributed by atoms with Crippen LogP contribution in [0.2, 0.25) is 0 Å². The average molecular weight is 247 g/mol. The first-order valence-corrected chi connectivity index (χ1v) is 6.26. The third-order valence-electron chi connectivity index (χ3n) is 2.77. The Morgan fingerprint density at radius 2 is 1.77 bits per heavy atom. The van der Waals surface area contributed by atoms with Crippen LogP contribution in [0, 0.1) is 11.8 Å². The summed E-state index contributed by atoms with van der Waals surface area (Å²) < 4.78 is 0. The van der Waals surface area contributed by atoms with Crippen LogP contribution >= 0.6 is 15.9 Å². The van der Waals surface area contributed by atoms with E-state index >= 15 is 0 Å². The molecule has 13 heavy (non-hydrogen) atoms. The lowest BCUT2D eigenvalue weighted by atomic mass is 10.3. The van der Waals surface area contributed by atoms with Crippen molar-refractivity contribution >= 4 is 21.7 Å². The number of carbonyl (C=O) groups excluding carboxylic acids is 1. The molecular formula is C11H19BrO. The third kappa shape index (κ3) is 4.26. The molecular weight excluding hydrogens is 228 g/mol. The van der Waals surface area contributed by atoms with Gasteiger partial charge in [-0.05, 0) is 31.1 Å². The molecule has 0 radical (unpaired) electrons. The molecule has 2 aliphatic rings. The van der Waals surface area contributed by atoms with Crippen molar-refractivity contribution in [3.8, 4) is 0 Å². The average Bonchev–Trinajstić information content (AvgIpc) is 2.97. The zero-order chi connectivity index (χ0) is 9.84. The Balaban J connectivity index is 0.000000133. The van der Waals surface area contributed by atoms with Gasteiger partial charge in [0.25, 0.3) is 0 Å². The Kier molecular flexibility index (Phi) is 4.43. The fourth-order valence-corrected chi connectivity index (χ4v) is 2.31. The molecule has 2 fully saturated rings. The second-order valence-corrected chi connectivity index (χ2v) is 5.17. The van der Waals surface area contributed by atoms with Gasteiger partial charge in [-0.2, -0.15) is 0 Å². The fraction of sp³-hybridized carbons (Fsp3) is 0.909. The zero-order valence-corrected chi connectivity index (χ0v) is 10.1. The van der Waals surface area contributed by atoms with E-state index in [1.54, 1.807) is 0 Å². The first-order chi connectivity index (χ1) is 6.19. The molecule has 0 aromatic heterocycles. The largest absolute Gasteiger partial charge is 0.300 e. The predicted molar refractivity (Wildman–Crippen MR) is 59.1 cm³/mol. The molecule has 2 unspecified atom stereocenters. The lowest BCUT2D eigenvalue weighted by Gasteiger charge is -1.81. The molecule has 0 aliphatic heterocycles. The third-order valence-corrected chi connectivity index (χ3v) is 3.83. The number of rotatable bonds is 3. The van der Waals surface area contributed by atoms with Crippen molar-refractivity contribution in [3.63, 3.8) is 0 Å². The molecule has 0 bridgehead atoms. The van der Waals surface area contributed by atoms with Crippen molar-refractivity contribution in [2.75, 3.05) is 0 Å². The monoisotopic (exact) mass is 246 g/mol. The molecule has 2 saturated carbocycles. The minimum absolute atomic E-state index is 0.343. The molecule has 0 N–H and O–H groups in total. The number of ketones is 1. The van der Waals surface area contributed by atoms with E-state index in [1.165, 1.54) is 19.3 Å². The van der Waals surface area contributed by atoms with E-state index in [0.717, 1.165) is 16.7 Å². The van der Waals surface area contributed by atoms with E-state index in [2.05, 4.69) is 15.9 Å². The molecule has 1 nitrogen and oxygen atoms in total. The molecule has 2 atom stereocenters. The quantitative estimate of drug-likeness (QED) is 0.697. The van der Waals surface area contributed by atoms with E-state index in [1.807, 2.05) is 13.8 Å². The number of halogens is 1. The Hall–Kier alpha value is 0.150. The van der Waals surface area contributed by atoms with Crippen molar-refractivity contribution in [3.05, 3.63) is 0 Å². The van der Waals surface area contributed by atoms with Gasteiger partial charge < -0.3 is 0 Å². The van der Waals surface area contributed by atoms with Gasteiger partial charge in [0.2, 0.25) is 0 Å². The van der Waals surface area contributed by atoms with Crippen molar-refractivity contribution in [1.29, 1.82) is 0 Å². The van der Waals surface area contributed by atoms with Gasteiger partial charge >= 0.3 is 0 Å². The van der Waals surface area contributed by atoms with Gasteiger partial charge in [0.1, 0.15) is 5.78 Å². The van der Waals surface area contributed by atoms with E-state index in [-0.39, 0.29) is 0 Å². The van der Waals surface area contributed by atoms with Crippen LogP contribution in [-0.4, -0.2) is 10.6 Å². The van der Waals surface area contributed by atoms with Gasteiger partial charge in [0.05, 0.1) is 0 Å². The number of Topliss-reactive ketones (excluding diaryl/α,β-unsaturated/α-hetero) is 1. The van der Waals surface area contributed by atoms with Crippen LogP contribution in [0.1, 0.15) is 46.0 Å². The van der Waals surface area contributed by atoms with Crippen molar-refractivity contribution < 1.29 is 4.79 Å². The Bertz CT molecular complexity index is 169. The summed E-state index contributed by atoms with van der Waals surface area (Å²) in [7, 11) is 0. The molecule has 2 heteroatoms. The summed E-state index contributed by atoms with van der Waals surface area (Å²) in [6.45, 7) is 3.76. The van der Waals surface area contributed by atoms with Crippen LogP contribution < -0.4 is 0 Å². The van der Waals surface area contributed by atoms with Gasteiger partial charge in [0, 0.05) is 17.7 Å². The highest BCUT2D eigenvalue weighted by Gasteiger charge is 2.45. The van der Waals surface area contributed by atoms with Crippen LogP contribution in [0.5, 0.6) is 0 Å². The summed E-state index contributed by atoms with van der Waals surface area (Å²) >= 11 is 3.59. The predicted octanol–water partition coefficient (Wildman–Crippen LogP) is 3.56. The van der Waals surface area contributed by atoms with E-state index in [0.29, 0.717) is 18.6 Å².